The third kappa shape index (κ3) is 5.23. The maximum atomic E-state index is 13.6. The molecule has 0 spiro atoms. The summed E-state index contributed by atoms with van der Waals surface area (Å²) in [6.45, 7) is 1.47. The highest BCUT2D eigenvalue weighted by Gasteiger charge is 2.17. The second kappa shape index (κ2) is 9.23. The van der Waals surface area contributed by atoms with E-state index in [-0.39, 0.29) is 17.4 Å². The Kier molecular flexibility index (Phi) is 6.49. The van der Waals surface area contributed by atoms with Gasteiger partial charge in [-0.3, -0.25) is 20.4 Å². The van der Waals surface area contributed by atoms with Gasteiger partial charge in [0.15, 0.2) is 17.7 Å². The molecule has 5 nitrogen and oxygen atoms in total. The Balaban J connectivity index is 1.45. The molecule has 0 heterocycles. The average molecular weight is 398 g/mol. The number of amides is 2. The number of fused-ring (bicyclic) bond motifs is 1. The van der Waals surface area contributed by atoms with Gasteiger partial charge in [-0.05, 0) is 42.0 Å². The summed E-state index contributed by atoms with van der Waals surface area (Å²) in [5.41, 5.74) is 4.63. The standard InChI is InChI=1S/C21H19FN2O3S/c1-14(27-19-9-5-4-8-18(19)22)21(26)24-23-20(25)13-28-17-11-10-15-6-2-3-7-16(15)12-17/h2-12,14H,13H2,1H3,(H,23,25)(H,24,26). The third-order valence-electron chi connectivity index (χ3n) is 3.93. The van der Waals surface area contributed by atoms with Gasteiger partial charge in [0.25, 0.3) is 5.91 Å². The zero-order valence-electron chi connectivity index (χ0n) is 15.1. The highest BCUT2D eigenvalue weighted by atomic mass is 32.2. The Morgan fingerprint density at radius 1 is 1.00 bits per heavy atom. The second-order valence-corrected chi connectivity index (χ2v) is 7.07. The molecule has 0 aliphatic heterocycles. The van der Waals surface area contributed by atoms with Crippen LogP contribution in [0.5, 0.6) is 5.75 Å². The molecular weight excluding hydrogens is 379 g/mol. The number of hydrogen-bond acceptors (Lipinski definition) is 4. The summed E-state index contributed by atoms with van der Waals surface area (Å²) in [6, 6.07) is 19.7. The fourth-order valence-electron chi connectivity index (χ4n) is 2.46. The molecule has 1 unspecified atom stereocenters. The fourth-order valence-corrected chi connectivity index (χ4v) is 3.20. The topological polar surface area (TPSA) is 67.4 Å². The highest BCUT2D eigenvalue weighted by molar-refractivity contribution is 8.00. The molecule has 0 aliphatic rings. The molecule has 0 aliphatic carbocycles. The number of hydrazine groups is 1. The van der Waals surface area contributed by atoms with E-state index in [1.165, 1.54) is 36.9 Å². The molecule has 0 saturated carbocycles. The lowest BCUT2D eigenvalue weighted by molar-refractivity contribution is -0.132. The van der Waals surface area contributed by atoms with Crippen molar-refractivity contribution >= 4 is 34.3 Å². The van der Waals surface area contributed by atoms with E-state index < -0.39 is 17.8 Å². The summed E-state index contributed by atoms with van der Waals surface area (Å²) >= 11 is 1.36. The maximum Gasteiger partial charge on any atom is 0.279 e. The van der Waals surface area contributed by atoms with E-state index in [2.05, 4.69) is 10.9 Å². The predicted molar refractivity (Wildman–Crippen MR) is 107 cm³/mol. The van der Waals surface area contributed by atoms with E-state index in [1.54, 1.807) is 6.07 Å². The number of carbonyl (C=O) groups excluding carboxylic acids is 2. The smallest absolute Gasteiger partial charge is 0.279 e. The Bertz CT molecular complexity index is 996. The van der Waals surface area contributed by atoms with Crippen LogP contribution in [0.4, 0.5) is 4.39 Å². The molecule has 3 aromatic carbocycles. The van der Waals surface area contributed by atoms with E-state index in [0.717, 1.165) is 15.7 Å². The lowest BCUT2D eigenvalue weighted by Crippen LogP contribution is -2.47. The first-order valence-corrected chi connectivity index (χ1v) is 9.63. The van der Waals surface area contributed by atoms with Gasteiger partial charge in [-0.2, -0.15) is 0 Å². The van der Waals surface area contributed by atoms with E-state index in [9.17, 15) is 14.0 Å². The Labute approximate surface area is 166 Å². The van der Waals surface area contributed by atoms with E-state index in [0.29, 0.717) is 0 Å². The van der Waals surface area contributed by atoms with Crippen LogP contribution in [0.1, 0.15) is 6.92 Å². The van der Waals surface area contributed by atoms with Crippen LogP contribution in [-0.4, -0.2) is 23.7 Å². The summed E-state index contributed by atoms with van der Waals surface area (Å²) < 4.78 is 18.8. The predicted octanol–water partition coefficient (Wildman–Crippen LogP) is 3.69. The molecule has 0 fully saturated rings. The fraction of sp³-hybridized carbons (Fsp3) is 0.143. The summed E-state index contributed by atoms with van der Waals surface area (Å²) in [7, 11) is 0. The number of ether oxygens (including phenoxy) is 1. The zero-order chi connectivity index (χ0) is 19.9. The van der Waals surface area contributed by atoms with Crippen molar-refractivity contribution in [2.24, 2.45) is 0 Å². The number of para-hydroxylation sites is 1. The first-order chi connectivity index (χ1) is 13.5. The molecule has 0 radical (unpaired) electrons. The van der Waals surface area contributed by atoms with Gasteiger partial charge < -0.3 is 4.74 Å². The quantitative estimate of drug-likeness (QED) is 0.491. The second-order valence-electron chi connectivity index (χ2n) is 6.03. The van der Waals surface area contributed by atoms with Gasteiger partial charge in [-0.15, -0.1) is 11.8 Å². The largest absolute Gasteiger partial charge is 0.478 e. The van der Waals surface area contributed by atoms with Gasteiger partial charge in [0, 0.05) is 4.90 Å². The minimum Gasteiger partial charge on any atom is -0.478 e. The van der Waals surface area contributed by atoms with Gasteiger partial charge >= 0.3 is 0 Å². The van der Waals surface area contributed by atoms with Crippen LogP contribution >= 0.6 is 11.8 Å². The van der Waals surface area contributed by atoms with Crippen LogP contribution in [0.2, 0.25) is 0 Å². The van der Waals surface area contributed by atoms with Gasteiger partial charge in [0.1, 0.15) is 0 Å². The van der Waals surface area contributed by atoms with Crippen LogP contribution in [0.25, 0.3) is 10.8 Å². The summed E-state index contributed by atoms with van der Waals surface area (Å²) in [6.07, 6.45) is -0.967. The first-order valence-electron chi connectivity index (χ1n) is 8.64. The monoisotopic (exact) mass is 398 g/mol. The third-order valence-corrected chi connectivity index (χ3v) is 4.92. The highest BCUT2D eigenvalue weighted by Crippen LogP contribution is 2.23. The Morgan fingerprint density at radius 3 is 2.50 bits per heavy atom. The molecule has 2 N–H and O–H groups in total. The van der Waals surface area contributed by atoms with Crippen molar-refractivity contribution in [2.75, 3.05) is 5.75 Å². The number of halogens is 1. The van der Waals surface area contributed by atoms with Gasteiger partial charge in [0.2, 0.25) is 5.91 Å². The average Bonchev–Trinajstić information content (AvgIpc) is 2.71. The number of rotatable bonds is 6. The minimum absolute atomic E-state index is 0.0247. The van der Waals surface area contributed by atoms with Crippen molar-refractivity contribution in [1.29, 1.82) is 0 Å². The van der Waals surface area contributed by atoms with E-state index in [4.69, 9.17) is 4.74 Å². The maximum absolute atomic E-state index is 13.6. The van der Waals surface area contributed by atoms with Crippen molar-refractivity contribution < 1.29 is 18.7 Å². The lowest BCUT2D eigenvalue weighted by atomic mass is 10.1. The molecule has 3 aromatic rings. The van der Waals surface area contributed by atoms with Crippen LogP contribution in [0.15, 0.2) is 71.6 Å². The summed E-state index contributed by atoms with van der Waals surface area (Å²) in [5.74, 6) is -1.38. The molecular formula is C21H19FN2O3S. The van der Waals surface area contributed by atoms with Crippen molar-refractivity contribution in [3.8, 4) is 5.75 Å². The molecule has 7 heteroatoms. The molecule has 0 bridgehead atoms. The van der Waals surface area contributed by atoms with Gasteiger partial charge in [-0.1, -0.05) is 42.5 Å². The number of carbonyl (C=O) groups is 2. The number of benzene rings is 3. The van der Waals surface area contributed by atoms with Crippen LogP contribution in [0.3, 0.4) is 0 Å². The number of nitrogens with one attached hydrogen (secondary N) is 2. The first kappa shape index (κ1) is 19.7. The van der Waals surface area contributed by atoms with Crippen LogP contribution < -0.4 is 15.6 Å². The normalized spacial score (nSPS) is 11.6. The number of hydrogen-bond donors (Lipinski definition) is 2. The van der Waals surface area contributed by atoms with Crippen molar-refractivity contribution in [3.05, 3.63) is 72.5 Å². The molecule has 1 atom stereocenters. The number of thioether (sulfide) groups is 1. The van der Waals surface area contributed by atoms with E-state index in [1.807, 2.05) is 42.5 Å². The van der Waals surface area contributed by atoms with Crippen molar-refractivity contribution in [1.82, 2.24) is 10.9 Å². The van der Waals surface area contributed by atoms with Gasteiger partial charge in [0.05, 0.1) is 5.75 Å². The molecule has 0 saturated heterocycles. The van der Waals surface area contributed by atoms with Crippen LogP contribution in [0, 0.1) is 5.82 Å². The van der Waals surface area contributed by atoms with Crippen molar-refractivity contribution in [2.45, 2.75) is 17.9 Å². The molecule has 144 valence electrons. The van der Waals surface area contributed by atoms with Crippen molar-refractivity contribution in [3.63, 3.8) is 0 Å². The zero-order valence-corrected chi connectivity index (χ0v) is 16.0. The summed E-state index contributed by atoms with van der Waals surface area (Å²) in [5, 5.41) is 2.23. The molecule has 28 heavy (non-hydrogen) atoms. The summed E-state index contributed by atoms with van der Waals surface area (Å²) in [4.78, 5) is 24.9. The van der Waals surface area contributed by atoms with Crippen LogP contribution in [-0.2, 0) is 9.59 Å². The SMILES string of the molecule is CC(Oc1ccccc1F)C(=O)NNC(=O)CSc1ccc2ccccc2c1. The van der Waals surface area contributed by atoms with E-state index >= 15 is 0 Å². The Hall–Kier alpha value is -3.06. The van der Waals surface area contributed by atoms with Gasteiger partial charge in [-0.25, -0.2) is 4.39 Å². The Morgan fingerprint density at radius 2 is 1.71 bits per heavy atom. The molecule has 3 rings (SSSR count). The lowest BCUT2D eigenvalue weighted by Gasteiger charge is -2.15. The molecule has 0 aromatic heterocycles. The minimum atomic E-state index is -0.967. The molecule has 2 amide bonds.